The topological polar surface area (TPSA) is 131 Å². The van der Waals surface area contributed by atoms with Gasteiger partial charge < -0.3 is 30.7 Å². The first-order valence-corrected chi connectivity index (χ1v) is 14.7. The number of carbonyl (C=O) groups excluding carboxylic acids is 3. The largest absolute Gasteiger partial charge is 0.445 e. The molecule has 1 fully saturated rings. The second-order valence-corrected chi connectivity index (χ2v) is 12.9. The van der Waals surface area contributed by atoms with E-state index < -0.39 is 29.4 Å². The maximum absolute atomic E-state index is 13.4. The third kappa shape index (κ3) is 11.7. The lowest BCUT2D eigenvalue weighted by Gasteiger charge is -2.32. The van der Waals surface area contributed by atoms with Crippen molar-refractivity contribution in [2.24, 2.45) is 11.8 Å². The average molecular weight is 582 g/mol. The van der Waals surface area contributed by atoms with Gasteiger partial charge in [-0.3, -0.25) is 4.79 Å². The molecule has 1 saturated carbocycles. The van der Waals surface area contributed by atoms with Crippen molar-refractivity contribution in [1.82, 2.24) is 20.9 Å². The molecule has 10 heteroatoms. The molecule has 1 aromatic heterocycles. The van der Waals surface area contributed by atoms with Crippen molar-refractivity contribution in [2.75, 3.05) is 11.9 Å². The smallest absolute Gasteiger partial charge is 0.408 e. The molecule has 3 rings (SSSR count). The van der Waals surface area contributed by atoms with Crippen molar-refractivity contribution in [2.45, 2.75) is 97.6 Å². The molecule has 2 aromatic rings. The Morgan fingerprint density at radius 1 is 0.952 bits per heavy atom. The second kappa shape index (κ2) is 15.0. The van der Waals surface area contributed by atoms with Gasteiger partial charge in [0.15, 0.2) is 0 Å². The number of pyridine rings is 1. The van der Waals surface area contributed by atoms with E-state index in [1.165, 1.54) is 0 Å². The number of benzene rings is 1. The highest BCUT2D eigenvalue weighted by Crippen LogP contribution is 2.31. The predicted octanol–water partition coefficient (Wildman–Crippen LogP) is 5.53. The fourth-order valence-electron chi connectivity index (χ4n) is 4.91. The maximum atomic E-state index is 13.4. The van der Waals surface area contributed by atoms with Crippen molar-refractivity contribution >= 4 is 23.9 Å². The highest BCUT2D eigenvalue weighted by Gasteiger charge is 2.34. The molecule has 0 radical (unpaired) electrons. The van der Waals surface area contributed by atoms with Gasteiger partial charge in [0.05, 0.1) is 5.54 Å². The Kier molecular flexibility index (Phi) is 11.7. The summed E-state index contributed by atoms with van der Waals surface area (Å²) in [4.78, 5) is 42.6. The van der Waals surface area contributed by atoms with Gasteiger partial charge in [-0.05, 0) is 82.6 Å². The molecule has 0 unspecified atom stereocenters. The van der Waals surface area contributed by atoms with Crippen LogP contribution in [0.3, 0.4) is 0 Å². The number of nitrogens with one attached hydrogen (secondary N) is 4. The van der Waals surface area contributed by atoms with Crippen molar-refractivity contribution in [3.63, 3.8) is 0 Å². The molecule has 10 nitrogen and oxygen atoms in total. The van der Waals surface area contributed by atoms with Gasteiger partial charge >= 0.3 is 12.2 Å². The summed E-state index contributed by atoms with van der Waals surface area (Å²) in [6, 6.07) is 12.5. The van der Waals surface area contributed by atoms with Gasteiger partial charge in [0.1, 0.15) is 24.1 Å². The molecule has 1 heterocycles. The number of aromatic nitrogens is 1. The zero-order valence-corrected chi connectivity index (χ0v) is 25.8. The second-order valence-electron chi connectivity index (χ2n) is 12.9. The molecule has 1 atom stereocenters. The van der Waals surface area contributed by atoms with Gasteiger partial charge in [0, 0.05) is 19.3 Å². The molecule has 3 amide bonds. The highest BCUT2D eigenvalue weighted by molar-refractivity contribution is 5.96. The highest BCUT2D eigenvalue weighted by atomic mass is 16.6. The summed E-state index contributed by atoms with van der Waals surface area (Å²) in [6.45, 7) is 12.6. The monoisotopic (exact) mass is 581 g/mol. The molecular weight excluding hydrogens is 534 g/mol. The molecule has 42 heavy (non-hydrogen) atoms. The van der Waals surface area contributed by atoms with Crippen LogP contribution in [0.25, 0.3) is 0 Å². The molecule has 1 aliphatic carbocycles. The van der Waals surface area contributed by atoms with Crippen LogP contribution in [0.1, 0.15) is 78.4 Å². The fourth-order valence-corrected chi connectivity index (χ4v) is 4.91. The predicted molar refractivity (Wildman–Crippen MR) is 163 cm³/mol. The lowest BCUT2D eigenvalue weighted by atomic mass is 9.79. The van der Waals surface area contributed by atoms with E-state index in [-0.39, 0.29) is 18.4 Å². The number of rotatable bonds is 11. The number of ether oxygens (including phenoxy) is 2. The van der Waals surface area contributed by atoms with E-state index in [1.807, 2.05) is 50.2 Å². The molecule has 4 N–H and O–H groups in total. The van der Waals surface area contributed by atoms with E-state index in [2.05, 4.69) is 33.2 Å². The van der Waals surface area contributed by atoms with Crippen LogP contribution in [0.15, 0.2) is 48.7 Å². The fraction of sp³-hybridized carbons (Fsp3) is 0.562. The first-order chi connectivity index (χ1) is 19.8. The van der Waals surface area contributed by atoms with E-state index in [9.17, 15) is 14.4 Å². The summed E-state index contributed by atoms with van der Waals surface area (Å²) in [5, 5.41) is 11.9. The maximum Gasteiger partial charge on any atom is 0.408 e. The van der Waals surface area contributed by atoms with Gasteiger partial charge in [0.2, 0.25) is 5.91 Å². The summed E-state index contributed by atoms with van der Waals surface area (Å²) >= 11 is 0. The number of carbonyl (C=O) groups is 3. The van der Waals surface area contributed by atoms with Crippen LogP contribution in [0, 0.1) is 11.8 Å². The minimum Gasteiger partial charge on any atom is -0.445 e. The lowest BCUT2D eigenvalue weighted by molar-refractivity contribution is -0.119. The third-order valence-corrected chi connectivity index (χ3v) is 7.11. The summed E-state index contributed by atoms with van der Waals surface area (Å²) < 4.78 is 10.8. The quantitative estimate of drug-likeness (QED) is 0.274. The van der Waals surface area contributed by atoms with Crippen LogP contribution in [0.4, 0.5) is 15.4 Å². The minimum atomic E-state index is -0.718. The Morgan fingerprint density at radius 2 is 1.64 bits per heavy atom. The van der Waals surface area contributed by atoms with Crippen LogP contribution in [-0.2, 0) is 27.4 Å². The Balaban J connectivity index is 1.53. The Labute approximate surface area is 249 Å². The molecule has 0 saturated heterocycles. The molecular formula is C32H47N5O5. The third-order valence-electron chi connectivity index (χ3n) is 7.11. The number of amides is 3. The van der Waals surface area contributed by atoms with Crippen LogP contribution in [-0.4, -0.2) is 46.8 Å². The number of hydrogen-bond donors (Lipinski definition) is 4. The average Bonchev–Trinajstić information content (AvgIpc) is 2.90. The van der Waals surface area contributed by atoms with Crippen LogP contribution in [0.5, 0.6) is 0 Å². The Hall–Kier alpha value is -3.66. The summed E-state index contributed by atoms with van der Waals surface area (Å²) in [6.07, 6.45) is 4.29. The number of anilines is 1. The van der Waals surface area contributed by atoms with Crippen molar-refractivity contribution in [1.29, 1.82) is 0 Å². The van der Waals surface area contributed by atoms with Gasteiger partial charge in [-0.25, -0.2) is 14.6 Å². The zero-order valence-electron chi connectivity index (χ0n) is 25.8. The zero-order chi connectivity index (χ0) is 30.8. The first-order valence-electron chi connectivity index (χ1n) is 14.7. The van der Waals surface area contributed by atoms with Gasteiger partial charge in [-0.2, -0.15) is 0 Å². The number of hydrogen-bond acceptors (Lipinski definition) is 7. The normalized spacial score (nSPS) is 18.0. The van der Waals surface area contributed by atoms with Gasteiger partial charge in [-0.1, -0.05) is 50.1 Å². The summed E-state index contributed by atoms with van der Waals surface area (Å²) in [5.41, 5.74) is 0.604. The SMILES string of the molecule is CC1CCC([C@H](NC(=O)OC(C)(C)C)C(=O)Nc2cc(CNCC(C)(C)NC(=O)OCc3ccccc3)ccn2)CC1. The number of nitrogens with zero attached hydrogens (tertiary/aromatic N) is 1. The van der Waals surface area contributed by atoms with Crippen LogP contribution < -0.4 is 21.3 Å². The molecule has 0 aliphatic heterocycles. The molecule has 1 aromatic carbocycles. The minimum absolute atomic E-state index is 0.0210. The lowest BCUT2D eigenvalue weighted by Crippen LogP contribution is -2.50. The van der Waals surface area contributed by atoms with Crippen LogP contribution >= 0.6 is 0 Å². The summed E-state index contributed by atoms with van der Waals surface area (Å²) in [7, 11) is 0. The van der Waals surface area contributed by atoms with E-state index in [4.69, 9.17) is 9.47 Å². The van der Waals surface area contributed by atoms with E-state index >= 15 is 0 Å². The van der Waals surface area contributed by atoms with Crippen molar-refractivity contribution < 1.29 is 23.9 Å². The van der Waals surface area contributed by atoms with E-state index in [1.54, 1.807) is 33.0 Å². The molecule has 0 bridgehead atoms. The van der Waals surface area contributed by atoms with Crippen LogP contribution in [0.2, 0.25) is 0 Å². The van der Waals surface area contributed by atoms with Crippen molar-refractivity contribution in [3.05, 3.63) is 59.8 Å². The first kappa shape index (κ1) is 32.8. The van der Waals surface area contributed by atoms with Gasteiger partial charge in [0.25, 0.3) is 0 Å². The summed E-state index contributed by atoms with van der Waals surface area (Å²) in [5.74, 6) is 0.726. The Morgan fingerprint density at radius 3 is 2.31 bits per heavy atom. The number of alkyl carbamates (subject to hydrolysis) is 2. The van der Waals surface area contributed by atoms with Crippen molar-refractivity contribution in [3.8, 4) is 0 Å². The van der Waals surface area contributed by atoms with E-state index in [0.29, 0.717) is 24.8 Å². The Bertz CT molecular complexity index is 1170. The molecule has 230 valence electrons. The standard InChI is InChI=1S/C32H47N5O5/c1-22-12-14-25(15-13-22)27(36-29(39)42-31(2,3)4)28(38)35-26-18-24(16-17-34-26)19-33-21-32(5,6)37-30(40)41-20-23-10-8-7-9-11-23/h7-11,16-18,22,25,27,33H,12-15,19-21H2,1-6H3,(H,36,39)(H,37,40)(H,34,35,38)/t22?,25?,27-/m0/s1. The van der Waals surface area contributed by atoms with E-state index in [0.717, 1.165) is 36.8 Å². The van der Waals surface area contributed by atoms with Gasteiger partial charge in [-0.15, -0.1) is 0 Å². The molecule has 1 aliphatic rings. The molecule has 0 spiro atoms.